The van der Waals surface area contributed by atoms with Crippen LogP contribution in [0.5, 0.6) is 0 Å². The number of guanidine groups is 1. The molecule has 0 radical (unpaired) electrons. The molecule has 160 valence electrons. The molecule has 1 atom stereocenters. The molecular weight excluding hydrogens is 388 g/mol. The molecule has 3 rings (SSSR count). The number of carbonyl (C=O) groups excluding carboxylic acids is 1. The van der Waals surface area contributed by atoms with Crippen molar-refractivity contribution >= 4 is 23.2 Å². The maximum Gasteiger partial charge on any atom is 0.221 e. The Morgan fingerprint density at radius 1 is 1.17 bits per heavy atom. The molecule has 3 N–H and O–H groups in total. The average molecular weight is 415 g/mol. The van der Waals surface area contributed by atoms with Crippen molar-refractivity contribution < 1.29 is 13.6 Å². The minimum atomic E-state index is -0.539. The van der Waals surface area contributed by atoms with Crippen LogP contribution >= 0.6 is 0 Å². The van der Waals surface area contributed by atoms with E-state index < -0.39 is 11.6 Å². The van der Waals surface area contributed by atoms with Crippen LogP contribution in [0.3, 0.4) is 0 Å². The van der Waals surface area contributed by atoms with Crippen LogP contribution in [0.25, 0.3) is 0 Å². The van der Waals surface area contributed by atoms with Crippen LogP contribution in [0.2, 0.25) is 0 Å². The summed E-state index contributed by atoms with van der Waals surface area (Å²) in [6, 6.07) is 11.7. The molecule has 1 aliphatic heterocycles. The lowest BCUT2D eigenvalue weighted by Gasteiger charge is -2.21. The molecule has 1 saturated heterocycles. The van der Waals surface area contributed by atoms with E-state index in [-0.39, 0.29) is 17.6 Å². The second-order valence-electron chi connectivity index (χ2n) is 7.27. The third-order valence-corrected chi connectivity index (χ3v) is 4.99. The largest absolute Gasteiger partial charge is 0.365 e. The Labute approximate surface area is 175 Å². The summed E-state index contributed by atoms with van der Waals surface area (Å²) < 4.78 is 28.0. The summed E-state index contributed by atoms with van der Waals surface area (Å²) in [5, 5.41) is 9.34. The SMILES string of the molecule is CN=C(NCCc1ccc(NC(C)=O)cc1)NC1CCN(c2c(F)cccc2F)C1. The lowest BCUT2D eigenvalue weighted by atomic mass is 10.1. The monoisotopic (exact) mass is 415 g/mol. The average Bonchev–Trinajstić information content (AvgIpc) is 3.16. The third-order valence-electron chi connectivity index (χ3n) is 4.99. The quantitative estimate of drug-likeness (QED) is 0.501. The summed E-state index contributed by atoms with van der Waals surface area (Å²) in [5.74, 6) is -0.515. The van der Waals surface area contributed by atoms with Gasteiger partial charge >= 0.3 is 0 Å². The van der Waals surface area contributed by atoms with E-state index >= 15 is 0 Å². The summed E-state index contributed by atoms with van der Waals surface area (Å²) in [7, 11) is 1.70. The van der Waals surface area contributed by atoms with Crippen molar-refractivity contribution in [3.05, 3.63) is 59.7 Å². The molecular formula is C22H27F2N5O. The Kier molecular flexibility index (Phi) is 7.21. The van der Waals surface area contributed by atoms with Gasteiger partial charge in [0.1, 0.15) is 17.3 Å². The lowest BCUT2D eigenvalue weighted by Crippen LogP contribution is -2.45. The Hall–Kier alpha value is -3.16. The highest BCUT2D eigenvalue weighted by Gasteiger charge is 2.27. The zero-order valence-corrected chi connectivity index (χ0v) is 17.2. The Morgan fingerprint density at radius 3 is 2.50 bits per heavy atom. The molecule has 0 aliphatic carbocycles. The van der Waals surface area contributed by atoms with Gasteiger partial charge < -0.3 is 20.9 Å². The molecule has 0 aromatic heterocycles. The van der Waals surface area contributed by atoms with Crippen LogP contribution in [0.4, 0.5) is 20.2 Å². The topological polar surface area (TPSA) is 68.8 Å². The molecule has 1 aliphatic rings. The summed E-state index contributed by atoms with van der Waals surface area (Å²) in [6.07, 6.45) is 1.55. The maximum absolute atomic E-state index is 14.0. The number of hydrogen-bond donors (Lipinski definition) is 3. The number of amides is 1. The van der Waals surface area contributed by atoms with Crippen LogP contribution < -0.4 is 20.9 Å². The Bertz CT molecular complexity index is 881. The molecule has 0 saturated carbocycles. The molecule has 2 aromatic rings. The number of benzene rings is 2. The molecule has 1 fully saturated rings. The number of rotatable bonds is 6. The van der Waals surface area contributed by atoms with Gasteiger partial charge in [0.05, 0.1) is 0 Å². The first kappa shape index (κ1) is 21.5. The summed E-state index contributed by atoms with van der Waals surface area (Å²) >= 11 is 0. The fourth-order valence-electron chi connectivity index (χ4n) is 3.54. The molecule has 1 amide bonds. The van der Waals surface area contributed by atoms with E-state index in [1.54, 1.807) is 11.9 Å². The van der Waals surface area contributed by atoms with E-state index in [1.807, 2.05) is 24.3 Å². The van der Waals surface area contributed by atoms with Crippen molar-refractivity contribution in [2.45, 2.75) is 25.8 Å². The highest BCUT2D eigenvalue weighted by atomic mass is 19.1. The van der Waals surface area contributed by atoms with Crippen LogP contribution in [0.1, 0.15) is 18.9 Å². The zero-order valence-electron chi connectivity index (χ0n) is 17.2. The molecule has 8 heteroatoms. The second kappa shape index (κ2) is 10.0. The number of halogens is 2. The number of para-hydroxylation sites is 1. The van der Waals surface area contributed by atoms with Crippen molar-refractivity contribution in [3.63, 3.8) is 0 Å². The van der Waals surface area contributed by atoms with Crippen LogP contribution in [-0.4, -0.2) is 44.6 Å². The van der Waals surface area contributed by atoms with Crippen LogP contribution in [0.15, 0.2) is 47.5 Å². The fraction of sp³-hybridized carbons (Fsp3) is 0.364. The number of aliphatic imine (C=N–C) groups is 1. The highest BCUT2D eigenvalue weighted by molar-refractivity contribution is 5.88. The number of nitrogens with zero attached hydrogens (tertiary/aromatic N) is 2. The van der Waals surface area contributed by atoms with Crippen molar-refractivity contribution in [1.82, 2.24) is 10.6 Å². The third kappa shape index (κ3) is 5.68. The number of anilines is 2. The zero-order chi connectivity index (χ0) is 21.5. The molecule has 30 heavy (non-hydrogen) atoms. The molecule has 1 heterocycles. The van der Waals surface area contributed by atoms with E-state index in [1.165, 1.54) is 25.1 Å². The Morgan fingerprint density at radius 2 is 1.87 bits per heavy atom. The smallest absolute Gasteiger partial charge is 0.221 e. The predicted octanol–water partition coefficient (Wildman–Crippen LogP) is 2.91. The van der Waals surface area contributed by atoms with Gasteiger partial charge in [-0.3, -0.25) is 9.79 Å². The minimum Gasteiger partial charge on any atom is -0.365 e. The molecule has 6 nitrogen and oxygen atoms in total. The fourth-order valence-corrected chi connectivity index (χ4v) is 3.54. The summed E-state index contributed by atoms with van der Waals surface area (Å²) in [6.45, 7) is 3.24. The maximum atomic E-state index is 14.0. The Balaban J connectivity index is 1.47. The first-order valence-electron chi connectivity index (χ1n) is 9.99. The highest BCUT2D eigenvalue weighted by Crippen LogP contribution is 2.26. The van der Waals surface area contributed by atoms with Gasteiger partial charge in [0, 0.05) is 45.3 Å². The molecule has 1 unspecified atom stereocenters. The van der Waals surface area contributed by atoms with Gasteiger partial charge in [0.15, 0.2) is 5.96 Å². The number of nitrogens with one attached hydrogen (secondary N) is 3. The minimum absolute atomic E-state index is 0.0347. The first-order valence-corrected chi connectivity index (χ1v) is 9.99. The molecule has 2 aromatic carbocycles. The lowest BCUT2D eigenvalue weighted by molar-refractivity contribution is -0.114. The first-order chi connectivity index (χ1) is 14.5. The van der Waals surface area contributed by atoms with E-state index in [9.17, 15) is 13.6 Å². The van der Waals surface area contributed by atoms with Gasteiger partial charge in [0.2, 0.25) is 5.91 Å². The summed E-state index contributed by atoms with van der Waals surface area (Å²) in [5.41, 5.74) is 1.94. The molecule has 0 spiro atoms. The van der Waals surface area contributed by atoms with E-state index in [0.29, 0.717) is 25.6 Å². The van der Waals surface area contributed by atoms with Gasteiger partial charge in [-0.25, -0.2) is 8.78 Å². The standard InChI is InChI=1S/C22H27F2N5O/c1-15(30)27-17-8-6-16(7-9-17)10-12-26-22(25-2)28-18-11-13-29(14-18)21-19(23)4-3-5-20(21)24/h3-9,18H,10-14H2,1-2H3,(H,27,30)(H2,25,26,28). The van der Waals surface area contributed by atoms with Crippen molar-refractivity contribution in [1.29, 1.82) is 0 Å². The van der Waals surface area contributed by atoms with E-state index in [2.05, 4.69) is 20.9 Å². The van der Waals surface area contributed by atoms with E-state index in [0.717, 1.165) is 24.1 Å². The second-order valence-corrected chi connectivity index (χ2v) is 7.27. The summed E-state index contributed by atoms with van der Waals surface area (Å²) in [4.78, 5) is 17.0. The van der Waals surface area contributed by atoms with Gasteiger partial charge in [-0.05, 0) is 42.7 Å². The van der Waals surface area contributed by atoms with Crippen molar-refractivity contribution in [2.75, 3.05) is 36.9 Å². The number of carbonyl (C=O) groups is 1. The van der Waals surface area contributed by atoms with Crippen LogP contribution in [0, 0.1) is 11.6 Å². The number of hydrogen-bond acceptors (Lipinski definition) is 3. The van der Waals surface area contributed by atoms with Gasteiger partial charge in [-0.15, -0.1) is 0 Å². The van der Waals surface area contributed by atoms with Gasteiger partial charge in [-0.2, -0.15) is 0 Å². The van der Waals surface area contributed by atoms with Crippen LogP contribution in [-0.2, 0) is 11.2 Å². The molecule has 0 bridgehead atoms. The van der Waals surface area contributed by atoms with Crippen molar-refractivity contribution in [3.8, 4) is 0 Å². The van der Waals surface area contributed by atoms with Crippen molar-refractivity contribution in [2.24, 2.45) is 4.99 Å². The predicted molar refractivity (Wildman–Crippen MR) is 116 cm³/mol. The normalized spacial score (nSPS) is 16.5. The van der Waals surface area contributed by atoms with Gasteiger partial charge in [0.25, 0.3) is 0 Å². The van der Waals surface area contributed by atoms with E-state index in [4.69, 9.17) is 0 Å². The van der Waals surface area contributed by atoms with Gasteiger partial charge in [-0.1, -0.05) is 18.2 Å².